The molecule has 2 aliphatic rings. The topological polar surface area (TPSA) is 9.23 Å². The van der Waals surface area contributed by atoms with E-state index >= 15 is 0 Å². The van der Waals surface area contributed by atoms with Crippen LogP contribution in [0.4, 0.5) is 0 Å². The van der Waals surface area contributed by atoms with Crippen molar-refractivity contribution in [2.75, 3.05) is 0 Å². The molecule has 5 heteroatoms. The zero-order valence-electron chi connectivity index (χ0n) is 8.99. The summed E-state index contributed by atoms with van der Waals surface area (Å²) in [5.74, 6) is 1.05. The van der Waals surface area contributed by atoms with Crippen LogP contribution in [-0.4, -0.2) is 6.10 Å². The smallest absolute Gasteiger partial charge is 1.00 e. The molecule has 1 unspecified atom stereocenters. The van der Waals surface area contributed by atoms with E-state index in [9.17, 15) is 0 Å². The van der Waals surface area contributed by atoms with Crippen LogP contribution in [0.1, 0.15) is 12.5 Å². The second kappa shape index (κ2) is 7.99. The van der Waals surface area contributed by atoms with Crippen molar-refractivity contribution in [2.24, 2.45) is 0 Å². The van der Waals surface area contributed by atoms with Gasteiger partial charge in [-0.2, -0.15) is 0 Å². The van der Waals surface area contributed by atoms with Gasteiger partial charge < -0.3 is 42.0 Å². The van der Waals surface area contributed by atoms with Gasteiger partial charge in [0.1, 0.15) is 11.9 Å². The Hall–Kier alpha value is 0.708. The Kier molecular flexibility index (Phi) is 9.42. The third-order valence-corrected chi connectivity index (χ3v) is 2.52. The van der Waals surface area contributed by atoms with Crippen molar-refractivity contribution in [3.8, 4) is 5.75 Å². The van der Waals surface area contributed by atoms with Gasteiger partial charge in [0.25, 0.3) is 0 Å². The van der Waals surface area contributed by atoms with E-state index in [1.165, 1.54) is 16.0 Å². The predicted molar refractivity (Wildman–Crippen MR) is 53.7 cm³/mol. The van der Waals surface area contributed by atoms with Gasteiger partial charge in [-0.3, -0.25) is 0 Å². The molecule has 1 nitrogen and oxygen atoms in total. The van der Waals surface area contributed by atoms with Gasteiger partial charge in [0.15, 0.2) is 0 Å². The summed E-state index contributed by atoms with van der Waals surface area (Å²) in [4.78, 5) is 0. The van der Waals surface area contributed by atoms with Gasteiger partial charge in [-0.25, -0.2) is 0 Å². The largest absolute Gasteiger partial charge is 3.00 e. The number of rotatable bonds is 0. The van der Waals surface area contributed by atoms with Crippen LogP contribution in [0.15, 0.2) is 18.2 Å². The summed E-state index contributed by atoms with van der Waals surface area (Å²) in [6.45, 7) is 2.06. The van der Waals surface area contributed by atoms with E-state index < -0.39 is 0 Å². The first kappa shape index (κ1) is 20.0. The van der Waals surface area contributed by atoms with E-state index in [1.54, 1.807) is 0 Å². The molecular formula is C12H10Cl3OSm. The standard InChI is InChI=1S/C12H10O.3ClH.Sm/c1-8-7-10-6-5-9-3-2-4-11(9)12(10)13-8;;;;/h2-8H,1H3;3*1H;/q;;;;+3/p-3. The molecule has 0 fully saturated rings. The minimum absolute atomic E-state index is 0. The number of hydrogen-bond donors (Lipinski definition) is 0. The van der Waals surface area contributed by atoms with Crippen molar-refractivity contribution in [2.45, 2.75) is 13.0 Å². The van der Waals surface area contributed by atoms with Crippen molar-refractivity contribution in [3.05, 3.63) is 34.2 Å². The Morgan fingerprint density at radius 1 is 1.06 bits per heavy atom. The number of allylic oxidation sites excluding steroid dienone is 1. The van der Waals surface area contributed by atoms with Crippen LogP contribution in [0, 0.1) is 40.4 Å². The molecule has 0 aromatic heterocycles. The molecule has 17 heavy (non-hydrogen) atoms. The first-order valence-electron chi connectivity index (χ1n) is 4.54. The van der Waals surface area contributed by atoms with E-state index in [-0.39, 0.29) is 83.7 Å². The van der Waals surface area contributed by atoms with Crippen molar-refractivity contribution in [3.63, 3.8) is 0 Å². The fourth-order valence-corrected chi connectivity index (χ4v) is 1.93. The zero-order valence-corrected chi connectivity index (χ0v) is 13.9. The van der Waals surface area contributed by atoms with Gasteiger partial charge in [0, 0.05) is 10.8 Å². The van der Waals surface area contributed by atoms with Crippen LogP contribution in [0.3, 0.4) is 0 Å². The quantitative estimate of drug-likeness (QED) is 0.400. The molecule has 0 spiro atoms. The van der Waals surface area contributed by atoms with Crippen LogP contribution < -0.4 is 52.4 Å². The second-order valence-electron chi connectivity index (χ2n) is 3.50. The Bertz CT molecular complexity index is 525. The minimum atomic E-state index is 0. The molecule has 1 aromatic carbocycles. The number of halogens is 3. The van der Waals surface area contributed by atoms with E-state index in [0.717, 1.165) is 5.75 Å². The molecule has 1 aliphatic heterocycles. The van der Waals surface area contributed by atoms with E-state index in [4.69, 9.17) is 4.74 Å². The van der Waals surface area contributed by atoms with Crippen LogP contribution in [-0.2, 0) is 0 Å². The third kappa shape index (κ3) is 3.59. The normalized spacial score (nSPS) is 16.4. The number of fused-ring (bicyclic) bond motifs is 3. The molecule has 1 aromatic rings. The average Bonchev–Trinajstić information content (AvgIpc) is 2.65. The molecule has 0 N–H and O–H groups in total. The Labute approximate surface area is 152 Å². The summed E-state index contributed by atoms with van der Waals surface area (Å²) >= 11 is 0. The number of benzene rings is 1. The second-order valence-corrected chi connectivity index (χ2v) is 3.50. The van der Waals surface area contributed by atoms with Crippen LogP contribution in [0.2, 0.25) is 0 Å². The van der Waals surface area contributed by atoms with Gasteiger partial charge in [-0.1, -0.05) is 30.4 Å². The third-order valence-electron chi connectivity index (χ3n) is 2.52. The summed E-state index contributed by atoms with van der Waals surface area (Å²) in [6, 6.07) is 4.27. The first-order valence-corrected chi connectivity index (χ1v) is 4.54. The molecular weight excluding hydrogens is 417 g/mol. The maximum absolute atomic E-state index is 5.72. The molecule has 1 aliphatic carbocycles. The van der Waals surface area contributed by atoms with Crippen LogP contribution >= 0.6 is 0 Å². The molecule has 0 saturated heterocycles. The van der Waals surface area contributed by atoms with Crippen molar-refractivity contribution in [1.29, 1.82) is 0 Å². The van der Waals surface area contributed by atoms with Crippen molar-refractivity contribution in [1.82, 2.24) is 0 Å². The van der Waals surface area contributed by atoms with Crippen molar-refractivity contribution >= 4 is 18.2 Å². The van der Waals surface area contributed by atoms with Crippen molar-refractivity contribution < 1.29 is 82.3 Å². The molecule has 91 valence electrons. The summed E-state index contributed by atoms with van der Waals surface area (Å²) in [6.07, 6.45) is 8.66. The Morgan fingerprint density at radius 2 is 1.71 bits per heavy atom. The SMILES string of the molecule is CC1C=c2ccc3c(c2O1)C=CC=3.[Cl-].[Cl-].[Cl-].[Sm+3]. The fourth-order valence-electron chi connectivity index (χ4n) is 1.93. The Morgan fingerprint density at radius 3 is 2.41 bits per heavy atom. The molecule has 0 bridgehead atoms. The van der Waals surface area contributed by atoms with Gasteiger partial charge in [0.05, 0.1) is 0 Å². The van der Waals surface area contributed by atoms with Crippen LogP contribution in [0.25, 0.3) is 18.2 Å². The zero-order chi connectivity index (χ0) is 8.84. The van der Waals surface area contributed by atoms with Crippen LogP contribution in [0.5, 0.6) is 5.75 Å². The summed E-state index contributed by atoms with van der Waals surface area (Å²) in [7, 11) is 0. The predicted octanol–water partition coefficient (Wildman–Crippen LogP) is -7.93. The minimum Gasteiger partial charge on any atom is -1.00 e. The fraction of sp³-hybridized carbons (Fsp3) is 0.167. The van der Waals surface area contributed by atoms with E-state index in [2.05, 4.69) is 43.4 Å². The number of hydrogen-bond acceptors (Lipinski definition) is 1. The molecule has 3 rings (SSSR count). The van der Waals surface area contributed by atoms with Gasteiger partial charge in [-0.05, 0) is 18.2 Å². The van der Waals surface area contributed by atoms with E-state index in [1.807, 2.05) is 0 Å². The average molecular weight is 427 g/mol. The monoisotopic (exact) mass is 427 g/mol. The summed E-state index contributed by atoms with van der Waals surface area (Å²) in [5, 5.41) is 2.49. The molecule has 1 atom stereocenters. The molecule has 0 amide bonds. The summed E-state index contributed by atoms with van der Waals surface area (Å²) < 4.78 is 5.72. The maximum Gasteiger partial charge on any atom is 3.00 e. The van der Waals surface area contributed by atoms with Gasteiger partial charge in [0.2, 0.25) is 0 Å². The summed E-state index contributed by atoms with van der Waals surface area (Å²) in [5.41, 5.74) is 1.23. The van der Waals surface area contributed by atoms with Gasteiger partial charge >= 0.3 is 40.4 Å². The first-order chi connectivity index (χ1) is 6.34. The molecule has 1 heterocycles. The Balaban J connectivity index is 0. The molecule has 1 radical (unpaired) electrons. The van der Waals surface area contributed by atoms with Gasteiger partial charge in [-0.15, -0.1) is 0 Å². The number of ether oxygens (including phenoxy) is 1. The maximum atomic E-state index is 5.72. The van der Waals surface area contributed by atoms with E-state index in [0.29, 0.717) is 0 Å². The molecule has 0 saturated carbocycles.